The monoisotopic (exact) mass is 291 g/mol. The molecule has 0 fully saturated rings. The number of hydrogen-bond acceptors (Lipinski definition) is 4. The third-order valence-electron chi connectivity index (χ3n) is 3.10. The summed E-state index contributed by atoms with van der Waals surface area (Å²) in [4.78, 5) is 4.55. The summed E-state index contributed by atoms with van der Waals surface area (Å²) >= 11 is 1.75. The van der Waals surface area contributed by atoms with Crippen molar-refractivity contribution in [3.63, 3.8) is 0 Å². The van der Waals surface area contributed by atoms with E-state index in [1.807, 2.05) is 13.8 Å². The van der Waals surface area contributed by atoms with Gasteiger partial charge in [0.05, 0.1) is 11.1 Å². The number of pyridine rings is 1. The van der Waals surface area contributed by atoms with Crippen LogP contribution in [0.5, 0.6) is 0 Å². The molecule has 2 unspecified atom stereocenters. The quantitative estimate of drug-likeness (QED) is 0.775. The highest BCUT2D eigenvalue weighted by Gasteiger charge is 2.26. The Morgan fingerprint density at radius 3 is 2.70 bits per heavy atom. The lowest BCUT2D eigenvalue weighted by Crippen LogP contribution is -2.43. The highest BCUT2D eigenvalue weighted by molar-refractivity contribution is 7.99. The Morgan fingerprint density at radius 2 is 2.15 bits per heavy atom. The van der Waals surface area contributed by atoms with Crippen molar-refractivity contribution in [1.29, 1.82) is 5.26 Å². The van der Waals surface area contributed by atoms with Crippen molar-refractivity contribution in [3.05, 3.63) is 23.4 Å². The molecule has 110 valence electrons. The molecule has 0 aliphatic heterocycles. The van der Waals surface area contributed by atoms with Crippen LogP contribution in [0, 0.1) is 25.2 Å². The number of aryl methyl sites for hydroxylation is 2. The number of aromatic nitrogens is 1. The molecule has 0 aromatic carbocycles. The van der Waals surface area contributed by atoms with Crippen molar-refractivity contribution in [2.75, 3.05) is 6.54 Å². The van der Waals surface area contributed by atoms with Crippen molar-refractivity contribution >= 4 is 11.8 Å². The van der Waals surface area contributed by atoms with Gasteiger partial charge in [-0.25, -0.2) is 4.98 Å². The lowest BCUT2D eigenvalue weighted by molar-refractivity contribution is 0.418. The average Bonchev–Trinajstić information content (AvgIpc) is 2.35. The van der Waals surface area contributed by atoms with Gasteiger partial charge in [0.25, 0.3) is 0 Å². The van der Waals surface area contributed by atoms with E-state index in [1.165, 1.54) is 5.56 Å². The van der Waals surface area contributed by atoms with E-state index in [9.17, 15) is 5.26 Å². The van der Waals surface area contributed by atoms with Crippen LogP contribution in [-0.2, 0) is 0 Å². The summed E-state index contributed by atoms with van der Waals surface area (Å²) in [6.07, 6.45) is 1.85. The molecular formula is C16H25N3S. The van der Waals surface area contributed by atoms with Crippen molar-refractivity contribution < 1.29 is 0 Å². The van der Waals surface area contributed by atoms with E-state index in [2.05, 4.69) is 49.3 Å². The molecule has 0 saturated heterocycles. The van der Waals surface area contributed by atoms with Crippen molar-refractivity contribution in [2.45, 2.75) is 63.3 Å². The van der Waals surface area contributed by atoms with Crippen molar-refractivity contribution in [2.24, 2.45) is 0 Å². The van der Waals surface area contributed by atoms with Gasteiger partial charge in [0.2, 0.25) is 0 Å². The van der Waals surface area contributed by atoms with Crippen molar-refractivity contribution in [3.8, 4) is 6.07 Å². The molecule has 0 saturated carbocycles. The molecule has 1 rings (SSSR count). The van der Waals surface area contributed by atoms with Gasteiger partial charge in [-0.2, -0.15) is 5.26 Å². The summed E-state index contributed by atoms with van der Waals surface area (Å²) < 4.78 is 0. The maximum Gasteiger partial charge on any atom is 0.104 e. The summed E-state index contributed by atoms with van der Waals surface area (Å²) in [6.45, 7) is 11.2. The van der Waals surface area contributed by atoms with Gasteiger partial charge in [-0.15, -0.1) is 11.8 Å². The molecular weight excluding hydrogens is 266 g/mol. The van der Waals surface area contributed by atoms with Crippen LogP contribution in [0.2, 0.25) is 0 Å². The standard InChI is InChI=1S/C16H25N3S/c1-6-7-18-16(5,11-17)10-14(4)20-15-9-12(2)8-13(3)19-15/h8-9,14,18H,6-7,10H2,1-5H3. The van der Waals surface area contributed by atoms with E-state index >= 15 is 0 Å². The summed E-state index contributed by atoms with van der Waals surface area (Å²) in [7, 11) is 0. The van der Waals surface area contributed by atoms with Gasteiger partial charge in [0, 0.05) is 10.9 Å². The zero-order valence-electron chi connectivity index (χ0n) is 13.2. The second-order valence-corrected chi connectivity index (χ2v) is 7.09. The molecule has 1 heterocycles. The van der Waals surface area contributed by atoms with Gasteiger partial charge in [-0.1, -0.05) is 13.8 Å². The zero-order chi connectivity index (χ0) is 15.2. The normalized spacial score (nSPS) is 15.4. The predicted molar refractivity (Wildman–Crippen MR) is 86.0 cm³/mol. The van der Waals surface area contributed by atoms with Gasteiger partial charge in [0.15, 0.2) is 0 Å². The van der Waals surface area contributed by atoms with E-state index in [0.29, 0.717) is 5.25 Å². The smallest absolute Gasteiger partial charge is 0.104 e. The minimum absolute atomic E-state index is 0.345. The fraction of sp³-hybridized carbons (Fsp3) is 0.625. The Kier molecular flexibility index (Phi) is 6.51. The maximum atomic E-state index is 9.38. The number of thioether (sulfide) groups is 1. The fourth-order valence-corrected chi connectivity index (χ4v) is 3.53. The summed E-state index contributed by atoms with van der Waals surface area (Å²) in [5, 5.41) is 14.1. The van der Waals surface area contributed by atoms with Crippen molar-refractivity contribution in [1.82, 2.24) is 10.3 Å². The van der Waals surface area contributed by atoms with E-state index in [0.717, 1.165) is 30.1 Å². The maximum absolute atomic E-state index is 9.38. The fourth-order valence-electron chi connectivity index (χ4n) is 2.25. The van der Waals surface area contributed by atoms with Crippen LogP contribution in [0.1, 0.15) is 44.9 Å². The van der Waals surface area contributed by atoms with Crippen LogP contribution < -0.4 is 5.32 Å². The first-order valence-corrected chi connectivity index (χ1v) is 8.04. The molecule has 1 aromatic rings. The molecule has 0 amide bonds. The molecule has 0 aliphatic rings. The van der Waals surface area contributed by atoms with Gasteiger partial charge in [-0.3, -0.25) is 5.32 Å². The van der Waals surface area contributed by atoms with Crippen LogP contribution in [-0.4, -0.2) is 22.3 Å². The molecule has 0 aliphatic carbocycles. The molecule has 4 heteroatoms. The van der Waals surface area contributed by atoms with Crippen LogP contribution in [0.15, 0.2) is 17.2 Å². The summed E-state index contributed by atoms with van der Waals surface area (Å²) in [5.41, 5.74) is 1.83. The Bertz CT molecular complexity index is 461. The summed E-state index contributed by atoms with van der Waals surface area (Å²) in [6, 6.07) is 6.60. The SMILES string of the molecule is CCCNC(C)(C#N)CC(C)Sc1cc(C)cc(C)n1. The molecule has 0 radical (unpaired) electrons. The van der Waals surface area contributed by atoms with Gasteiger partial charge in [-0.05, 0) is 57.9 Å². The van der Waals surface area contributed by atoms with Gasteiger partial charge >= 0.3 is 0 Å². The third kappa shape index (κ3) is 5.52. The topological polar surface area (TPSA) is 48.7 Å². The second-order valence-electron chi connectivity index (χ2n) is 5.63. The lowest BCUT2D eigenvalue weighted by Gasteiger charge is -2.26. The summed E-state index contributed by atoms with van der Waals surface area (Å²) in [5.74, 6) is 0. The minimum Gasteiger partial charge on any atom is -0.300 e. The first-order chi connectivity index (χ1) is 9.38. The molecule has 0 bridgehead atoms. The average molecular weight is 291 g/mol. The highest BCUT2D eigenvalue weighted by atomic mass is 32.2. The van der Waals surface area contributed by atoms with Crippen LogP contribution >= 0.6 is 11.8 Å². The molecule has 0 spiro atoms. The number of nitriles is 1. The van der Waals surface area contributed by atoms with E-state index in [1.54, 1.807) is 11.8 Å². The minimum atomic E-state index is -0.457. The third-order valence-corrected chi connectivity index (χ3v) is 4.12. The van der Waals surface area contributed by atoms with E-state index in [-0.39, 0.29) is 0 Å². The van der Waals surface area contributed by atoms with Gasteiger partial charge < -0.3 is 0 Å². The van der Waals surface area contributed by atoms with Crippen LogP contribution in [0.3, 0.4) is 0 Å². The molecule has 20 heavy (non-hydrogen) atoms. The van der Waals surface area contributed by atoms with Gasteiger partial charge in [0.1, 0.15) is 5.54 Å². The second kappa shape index (κ2) is 7.66. The number of hydrogen-bond donors (Lipinski definition) is 1. The lowest BCUT2D eigenvalue weighted by atomic mass is 9.98. The molecule has 2 atom stereocenters. The predicted octanol–water partition coefficient (Wildman–Crippen LogP) is 3.85. The number of nitrogens with zero attached hydrogens (tertiary/aromatic N) is 2. The molecule has 1 aromatic heterocycles. The zero-order valence-corrected chi connectivity index (χ0v) is 14.0. The Labute approximate surface area is 127 Å². The van der Waals surface area contributed by atoms with Crippen LogP contribution in [0.4, 0.5) is 0 Å². The Hall–Kier alpha value is -1.05. The Morgan fingerprint density at radius 1 is 1.45 bits per heavy atom. The number of rotatable bonds is 7. The highest BCUT2D eigenvalue weighted by Crippen LogP contribution is 2.28. The largest absolute Gasteiger partial charge is 0.300 e. The molecule has 1 N–H and O–H groups in total. The number of nitrogens with one attached hydrogen (secondary N) is 1. The van der Waals surface area contributed by atoms with Crippen LogP contribution in [0.25, 0.3) is 0 Å². The van der Waals surface area contributed by atoms with E-state index in [4.69, 9.17) is 0 Å². The molecule has 3 nitrogen and oxygen atoms in total. The Balaban J connectivity index is 2.66. The first-order valence-electron chi connectivity index (χ1n) is 7.17. The van der Waals surface area contributed by atoms with E-state index < -0.39 is 5.54 Å². The first kappa shape index (κ1) is 17.0.